The Morgan fingerprint density at radius 2 is 1.80 bits per heavy atom. The van der Waals surface area contributed by atoms with Gasteiger partial charge in [-0.05, 0) is 49.7 Å². The topological polar surface area (TPSA) is 57.2 Å². The quantitative estimate of drug-likeness (QED) is 0.909. The maximum atomic E-state index is 12.3. The van der Waals surface area contributed by atoms with Crippen molar-refractivity contribution >= 4 is 0 Å². The molecule has 0 radical (unpaired) electrons. The van der Waals surface area contributed by atoms with Crippen molar-refractivity contribution in [3.63, 3.8) is 0 Å². The lowest BCUT2D eigenvalue weighted by atomic mass is 10.1. The molecule has 0 bridgehead atoms. The molecule has 0 atom stereocenters. The van der Waals surface area contributed by atoms with Crippen LogP contribution in [0.2, 0.25) is 0 Å². The zero-order valence-electron chi connectivity index (χ0n) is 11.9. The number of hydrogen-bond donors (Lipinski definition) is 1. The number of aromatic nitrogens is 1. The Balaban J connectivity index is 2.47. The molecule has 0 amide bonds. The second-order valence-electron chi connectivity index (χ2n) is 4.45. The lowest BCUT2D eigenvalue weighted by molar-refractivity contribution is 0.340. The van der Waals surface area contributed by atoms with Crippen LogP contribution in [0.4, 0.5) is 0 Å². The Hall–Kier alpha value is -2.07. The van der Waals surface area contributed by atoms with E-state index in [1.807, 2.05) is 44.2 Å². The predicted octanol–water partition coefficient (Wildman–Crippen LogP) is 2.39. The second kappa shape index (κ2) is 6.39. The number of nitrogens with two attached hydrogens (primary N) is 1. The molecule has 0 unspecified atom stereocenters. The minimum absolute atomic E-state index is 0.0126. The third kappa shape index (κ3) is 2.75. The van der Waals surface area contributed by atoms with Crippen LogP contribution in [0, 0.1) is 0 Å². The summed E-state index contributed by atoms with van der Waals surface area (Å²) in [6.07, 6.45) is 0. The summed E-state index contributed by atoms with van der Waals surface area (Å²) in [6, 6.07) is 11.5. The Labute approximate surface area is 118 Å². The van der Waals surface area contributed by atoms with Gasteiger partial charge in [-0.1, -0.05) is 6.07 Å². The van der Waals surface area contributed by atoms with Crippen molar-refractivity contribution in [1.29, 1.82) is 0 Å². The SMILES string of the molecule is CCOc1ccc(-c2ccc(CN)c(=O)n2CC)cc1. The Morgan fingerprint density at radius 3 is 2.35 bits per heavy atom. The summed E-state index contributed by atoms with van der Waals surface area (Å²) in [5.41, 5.74) is 8.11. The molecule has 0 fully saturated rings. The fraction of sp³-hybridized carbons (Fsp3) is 0.312. The van der Waals surface area contributed by atoms with Gasteiger partial charge in [0.1, 0.15) is 5.75 Å². The smallest absolute Gasteiger partial charge is 0.255 e. The predicted molar refractivity (Wildman–Crippen MR) is 80.9 cm³/mol. The summed E-state index contributed by atoms with van der Waals surface area (Å²) < 4.78 is 7.18. The maximum Gasteiger partial charge on any atom is 0.255 e. The highest BCUT2D eigenvalue weighted by atomic mass is 16.5. The molecule has 4 heteroatoms. The minimum Gasteiger partial charge on any atom is -0.494 e. The van der Waals surface area contributed by atoms with Gasteiger partial charge in [0, 0.05) is 18.7 Å². The standard InChI is InChI=1S/C16H20N2O2/c1-3-18-15(10-7-13(11-17)16(18)19)12-5-8-14(9-6-12)20-4-2/h5-10H,3-4,11,17H2,1-2H3. The lowest BCUT2D eigenvalue weighted by Gasteiger charge is -2.13. The van der Waals surface area contributed by atoms with Crippen molar-refractivity contribution < 1.29 is 4.74 Å². The monoisotopic (exact) mass is 272 g/mol. The first-order chi connectivity index (χ1) is 9.71. The molecule has 0 saturated carbocycles. The summed E-state index contributed by atoms with van der Waals surface area (Å²) in [5, 5.41) is 0. The largest absolute Gasteiger partial charge is 0.494 e. The van der Waals surface area contributed by atoms with E-state index in [1.54, 1.807) is 10.6 Å². The number of ether oxygens (including phenoxy) is 1. The number of pyridine rings is 1. The van der Waals surface area contributed by atoms with Crippen LogP contribution >= 0.6 is 0 Å². The summed E-state index contributed by atoms with van der Waals surface area (Å²) in [5.74, 6) is 0.834. The van der Waals surface area contributed by atoms with E-state index in [4.69, 9.17) is 10.5 Å². The van der Waals surface area contributed by atoms with E-state index in [1.165, 1.54) is 0 Å². The fourth-order valence-electron chi connectivity index (χ4n) is 2.23. The van der Waals surface area contributed by atoms with Crippen molar-refractivity contribution in [2.24, 2.45) is 5.73 Å². The van der Waals surface area contributed by atoms with Crippen molar-refractivity contribution in [1.82, 2.24) is 4.57 Å². The highest BCUT2D eigenvalue weighted by Crippen LogP contribution is 2.22. The van der Waals surface area contributed by atoms with Gasteiger partial charge in [-0.3, -0.25) is 4.79 Å². The molecule has 0 saturated heterocycles. The number of hydrogen-bond acceptors (Lipinski definition) is 3. The fourth-order valence-corrected chi connectivity index (χ4v) is 2.23. The third-order valence-corrected chi connectivity index (χ3v) is 3.25. The summed E-state index contributed by atoms with van der Waals surface area (Å²) in [4.78, 5) is 12.3. The molecule has 0 spiro atoms. The minimum atomic E-state index is -0.0126. The van der Waals surface area contributed by atoms with Crippen LogP contribution in [0.1, 0.15) is 19.4 Å². The molecule has 2 aromatic rings. The Bertz CT molecular complexity index is 630. The first-order valence-electron chi connectivity index (χ1n) is 6.87. The van der Waals surface area contributed by atoms with Gasteiger partial charge in [-0.15, -0.1) is 0 Å². The molecule has 4 nitrogen and oxygen atoms in total. The van der Waals surface area contributed by atoms with Crippen LogP contribution < -0.4 is 16.0 Å². The van der Waals surface area contributed by atoms with Gasteiger partial charge < -0.3 is 15.0 Å². The van der Waals surface area contributed by atoms with E-state index in [0.29, 0.717) is 18.7 Å². The van der Waals surface area contributed by atoms with Gasteiger partial charge in [-0.25, -0.2) is 0 Å². The molecule has 1 aromatic carbocycles. The number of rotatable bonds is 5. The van der Waals surface area contributed by atoms with Crippen molar-refractivity contribution in [3.05, 3.63) is 52.3 Å². The van der Waals surface area contributed by atoms with E-state index < -0.39 is 0 Å². The second-order valence-corrected chi connectivity index (χ2v) is 4.45. The first kappa shape index (κ1) is 14.3. The van der Waals surface area contributed by atoms with Gasteiger partial charge in [0.15, 0.2) is 0 Å². The van der Waals surface area contributed by atoms with Gasteiger partial charge in [-0.2, -0.15) is 0 Å². The summed E-state index contributed by atoms with van der Waals surface area (Å²) in [6.45, 7) is 5.44. The summed E-state index contributed by atoms with van der Waals surface area (Å²) >= 11 is 0. The summed E-state index contributed by atoms with van der Waals surface area (Å²) in [7, 11) is 0. The van der Waals surface area contributed by atoms with Crippen LogP contribution in [-0.4, -0.2) is 11.2 Å². The molecule has 20 heavy (non-hydrogen) atoms. The maximum absolute atomic E-state index is 12.3. The number of nitrogens with zero attached hydrogens (tertiary/aromatic N) is 1. The van der Waals surface area contributed by atoms with E-state index >= 15 is 0 Å². The highest BCUT2D eigenvalue weighted by molar-refractivity contribution is 5.61. The van der Waals surface area contributed by atoms with Gasteiger partial charge >= 0.3 is 0 Å². The first-order valence-corrected chi connectivity index (χ1v) is 6.87. The van der Waals surface area contributed by atoms with E-state index in [-0.39, 0.29) is 12.1 Å². The zero-order chi connectivity index (χ0) is 14.5. The van der Waals surface area contributed by atoms with E-state index in [2.05, 4.69) is 0 Å². The van der Waals surface area contributed by atoms with Gasteiger partial charge in [0.2, 0.25) is 0 Å². The molecule has 0 aliphatic heterocycles. The third-order valence-electron chi connectivity index (χ3n) is 3.25. The number of benzene rings is 1. The van der Waals surface area contributed by atoms with Gasteiger partial charge in [0.25, 0.3) is 5.56 Å². The van der Waals surface area contributed by atoms with Crippen LogP contribution in [0.3, 0.4) is 0 Å². The zero-order valence-corrected chi connectivity index (χ0v) is 11.9. The van der Waals surface area contributed by atoms with E-state index in [9.17, 15) is 4.79 Å². The lowest BCUT2D eigenvalue weighted by Crippen LogP contribution is -2.25. The van der Waals surface area contributed by atoms with Crippen molar-refractivity contribution in [3.8, 4) is 17.0 Å². The van der Waals surface area contributed by atoms with Crippen LogP contribution in [-0.2, 0) is 13.1 Å². The van der Waals surface area contributed by atoms with Crippen LogP contribution in [0.5, 0.6) is 5.75 Å². The van der Waals surface area contributed by atoms with Gasteiger partial charge in [0.05, 0.1) is 12.3 Å². The molecule has 1 heterocycles. The molecular weight excluding hydrogens is 252 g/mol. The van der Waals surface area contributed by atoms with Crippen molar-refractivity contribution in [2.45, 2.75) is 26.9 Å². The Morgan fingerprint density at radius 1 is 1.10 bits per heavy atom. The normalized spacial score (nSPS) is 10.6. The molecule has 0 aliphatic rings. The molecule has 2 N–H and O–H groups in total. The molecule has 1 aromatic heterocycles. The van der Waals surface area contributed by atoms with E-state index in [0.717, 1.165) is 17.0 Å². The average molecular weight is 272 g/mol. The molecular formula is C16H20N2O2. The molecule has 0 aliphatic carbocycles. The van der Waals surface area contributed by atoms with Crippen LogP contribution in [0.15, 0.2) is 41.2 Å². The highest BCUT2D eigenvalue weighted by Gasteiger charge is 2.08. The van der Waals surface area contributed by atoms with Crippen LogP contribution in [0.25, 0.3) is 11.3 Å². The molecule has 106 valence electrons. The average Bonchev–Trinajstić information content (AvgIpc) is 2.48. The van der Waals surface area contributed by atoms with Crippen molar-refractivity contribution in [2.75, 3.05) is 6.61 Å². The Kier molecular flexibility index (Phi) is 4.58. The molecule has 2 rings (SSSR count).